The highest BCUT2D eigenvalue weighted by Crippen LogP contribution is 2.31. The van der Waals surface area contributed by atoms with Gasteiger partial charge < -0.3 is 25.2 Å². The quantitative estimate of drug-likeness (QED) is 0.549. The summed E-state index contributed by atoms with van der Waals surface area (Å²) in [6, 6.07) is 8.49. The maximum atomic E-state index is 12.0. The fourth-order valence-corrected chi connectivity index (χ4v) is 4.45. The molecule has 8 heteroatoms. The topological polar surface area (TPSA) is 87.8 Å². The number of ether oxygens (including phenoxy) is 1. The van der Waals surface area contributed by atoms with Gasteiger partial charge in [0.05, 0.1) is 5.69 Å². The number of hydrogen-bond acceptors (Lipinski definition) is 7. The summed E-state index contributed by atoms with van der Waals surface area (Å²) in [6.07, 6.45) is 3.68. The van der Waals surface area contributed by atoms with Crippen molar-refractivity contribution in [2.75, 3.05) is 57.0 Å². The van der Waals surface area contributed by atoms with Crippen LogP contribution in [-0.4, -0.2) is 78.1 Å². The number of carbonyl (C=O) groups is 1. The lowest BCUT2D eigenvalue weighted by Gasteiger charge is -2.35. The van der Waals surface area contributed by atoms with Crippen LogP contribution in [0.2, 0.25) is 0 Å². The Morgan fingerprint density at radius 2 is 2.03 bits per heavy atom. The third kappa shape index (κ3) is 4.70. The number of likely N-dealkylation sites (N-methyl/N-ethyl adjacent to an activating group) is 1. The Labute approximate surface area is 189 Å². The van der Waals surface area contributed by atoms with Gasteiger partial charge in [-0.1, -0.05) is 18.7 Å². The van der Waals surface area contributed by atoms with E-state index in [1.54, 1.807) is 0 Å². The van der Waals surface area contributed by atoms with Gasteiger partial charge in [-0.2, -0.15) is 9.97 Å². The van der Waals surface area contributed by atoms with E-state index in [4.69, 9.17) is 20.4 Å². The van der Waals surface area contributed by atoms with Crippen LogP contribution in [0.1, 0.15) is 18.4 Å². The molecule has 170 valence electrons. The molecule has 2 N–H and O–H groups in total. The number of nitrogens with two attached hydrogens (primary N) is 1. The predicted molar refractivity (Wildman–Crippen MR) is 127 cm³/mol. The first kappa shape index (κ1) is 22.1. The molecule has 8 nitrogen and oxygen atoms in total. The molecule has 3 heterocycles. The third-order valence-corrected chi connectivity index (χ3v) is 6.40. The highest BCUT2D eigenvalue weighted by Gasteiger charge is 2.26. The number of anilines is 2. The number of benzene rings is 1. The van der Waals surface area contributed by atoms with Crippen molar-refractivity contribution >= 4 is 17.4 Å². The van der Waals surface area contributed by atoms with Crippen molar-refractivity contribution < 1.29 is 9.53 Å². The summed E-state index contributed by atoms with van der Waals surface area (Å²) < 4.78 is 6.12. The van der Waals surface area contributed by atoms with Gasteiger partial charge in [0.2, 0.25) is 5.91 Å². The number of nitrogen functional groups attached to an aromatic ring is 1. The van der Waals surface area contributed by atoms with Gasteiger partial charge in [0, 0.05) is 49.0 Å². The van der Waals surface area contributed by atoms with E-state index in [1.807, 2.05) is 36.1 Å². The summed E-state index contributed by atoms with van der Waals surface area (Å²) >= 11 is 0. The number of rotatable bonds is 6. The number of piperazine rings is 1. The minimum absolute atomic E-state index is 0.0331. The van der Waals surface area contributed by atoms with Gasteiger partial charge in [0.1, 0.15) is 12.4 Å². The Morgan fingerprint density at radius 1 is 1.25 bits per heavy atom. The zero-order valence-electron chi connectivity index (χ0n) is 19.0. The lowest BCUT2D eigenvalue weighted by Crippen LogP contribution is -2.48. The molecule has 0 unspecified atom stereocenters. The summed E-state index contributed by atoms with van der Waals surface area (Å²) in [7, 11) is 2.13. The predicted octanol–water partition coefficient (Wildman–Crippen LogP) is 2.34. The van der Waals surface area contributed by atoms with Crippen LogP contribution in [0.3, 0.4) is 0 Å². The van der Waals surface area contributed by atoms with E-state index in [0.717, 1.165) is 35.6 Å². The van der Waals surface area contributed by atoms with Gasteiger partial charge in [-0.3, -0.25) is 4.79 Å². The van der Waals surface area contributed by atoms with Crippen molar-refractivity contribution in [3.05, 3.63) is 42.5 Å². The van der Waals surface area contributed by atoms with E-state index in [2.05, 4.69) is 23.4 Å². The van der Waals surface area contributed by atoms with E-state index in [1.165, 1.54) is 12.5 Å². The molecule has 1 aromatic heterocycles. The molecule has 1 amide bonds. The Bertz CT molecular complexity index is 986. The molecule has 2 aliphatic heterocycles. The van der Waals surface area contributed by atoms with Crippen LogP contribution in [0, 0.1) is 6.92 Å². The number of aromatic nitrogens is 2. The third-order valence-electron chi connectivity index (χ3n) is 6.40. The normalized spacial score (nSPS) is 19.2. The van der Waals surface area contributed by atoms with Crippen molar-refractivity contribution in [1.29, 1.82) is 0 Å². The van der Waals surface area contributed by atoms with Gasteiger partial charge in [-0.15, -0.1) is 0 Å². The van der Waals surface area contributed by atoms with E-state index in [0.29, 0.717) is 50.5 Å². The fourth-order valence-electron chi connectivity index (χ4n) is 4.45. The number of likely N-dealkylation sites (tertiary alicyclic amines) is 1. The number of nitrogens with zero attached hydrogens (tertiary/aromatic N) is 5. The van der Waals surface area contributed by atoms with Crippen LogP contribution >= 0.6 is 0 Å². The van der Waals surface area contributed by atoms with Crippen molar-refractivity contribution in [3.63, 3.8) is 0 Å². The van der Waals surface area contributed by atoms with Crippen molar-refractivity contribution in [2.24, 2.45) is 0 Å². The van der Waals surface area contributed by atoms with Gasteiger partial charge in [-0.05, 0) is 51.6 Å². The largest absolute Gasteiger partial charge is 0.462 e. The minimum atomic E-state index is -0.0331. The number of carbonyl (C=O) groups excluding carboxylic acids is 1. The fraction of sp³-hybridized carbons (Fsp3) is 0.458. The molecule has 1 atom stereocenters. The summed E-state index contributed by atoms with van der Waals surface area (Å²) in [5.74, 6) is 0.812. The molecule has 0 aliphatic carbocycles. The summed E-state index contributed by atoms with van der Waals surface area (Å²) in [5.41, 5.74) is 9.47. The second kappa shape index (κ2) is 9.56. The lowest BCUT2D eigenvalue weighted by atomic mass is 10.1. The molecule has 4 rings (SSSR count). The SMILES string of the molecule is C=CC(=O)N1CCN(c2nc(OC[C@@H]3CCCN3C)nc(-c3cccc(N)c3)c2C)CC1. The minimum Gasteiger partial charge on any atom is -0.462 e. The molecule has 1 aromatic carbocycles. The van der Waals surface area contributed by atoms with Crippen LogP contribution in [0.5, 0.6) is 6.01 Å². The molecular weight excluding hydrogens is 404 g/mol. The Hall–Kier alpha value is -3.13. The molecular formula is C24H32N6O2. The highest BCUT2D eigenvalue weighted by molar-refractivity contribution is 5.87. The van der Waals surface area contributed by atoms with Crippen LogP contribution in [0.4, 0.5) is 11.5 Å². The van der Waals surface area contributed by atoms with Crippen molar-refractivity contribution in [3.8, 4) is 17.3 Å². The molecule has 0 saturated carbocycles. The summed E-state index contributed by atoms with van der Waals surface area (Å²) in [6.45, 7) is 9.93. The van der Waals surface area contributed by atoms with Crippen molar-refractivity contribution in [1.82, 2.24) is 19.8 Å². The molecule has 32 heavy (non-hydrogen) atoms. The van der Waals surface area contributed by atoms with E-state index >= 15 is 0 Å². The smallest absolute Gasteiger partial charge is 0.319 e. The Balaban J connectivity index is 1.63. The van der Waals surface area contributed by atoms with Crippen LogP contribution in [0.15, 0.2) is 36.9 Å². The summed E-state index contributed by atoms with van der Waals surface area (Å²) in [4.78, 5) is 27.9. The van der Waals surface area contributed by atoms with E-state index in [-0.39, 0.29) is 5.91 Å². The van der Waals surface area contributed by atoms with Gasteiger partial charge in [0.15, 0.2) is 0 Å². The number of hydrogen-bond donors (Lipinski definition) is 1. The number of amides is 1. The van der Waals surface area contributed by atoms with Gasteiger partial charge >= 0.3 is 6.01 Å². The lowest BCUT2D eigenvalue weighted by molar-refractivity contribution is -0.126. The maximum Gasteiger partial charge on any atom is 0.319 e. The van der Waals surface area contributed by atoms with E-state index < -0.39 is 0 Å². The second-order valence-corrected chi connectivity index (χ2v) is 8.53. The average Bonchev–Trinajstić information content (AvgIpc) is 3.22. The zero-order valence-corrected chi connectivity index (χ0v) is 19.0. The average molecular weight is 437 g/mol. The molecule has 2 aliphatic rings. The molecule has 2 aromatic rings. The maximum absolute atomic E-state index is 12.0. The Morgan fingerprint density at radius 3 is 2.69 bits per heavy atom. The molecule has 0 spiro atoms. The summed E-state index contributed by atoms with van der Waals surface area (Å²) in [5, 5.41) is 0. The monoisotopic (exact) mass is 436 g/mol. The van der Waals surface area contributed by atoms with Crippen LogP contribution in [0.25, 0.3) is 11.3 Å². The van der Waals surface area contributed by atoms with E-state index in [9.17, 15) is 4.79 Å². The molecule has 0 bridgehead atoms. The first-order valence-corrected chi connectivity index (χ1v) is 11.2. The standard InChI is InChI=1S/C24H32N6O2/c1-4-21(31)29-11-13-30(14-12-29)23-17(2)22(18-7-5-8-19(25)15-18)26-24(27-23)32-16-20-9-6-10-28(20)3/h4-5,7-8,15,20H,1,6,9-14,16,25H2,2-3H3/t20-/m0/s1. The molecule has 2 fully saturated rings. The molecule has 0 radical (unpaired) electrons. The first-order valence-electron chi connectivity index (χ1n) is 11.2. The van der Waals surface area contributed by atoms with Crippen LogP contribution < -0.4 is 15.4 Å². The van der Waals surface area contributed by atoms with Crippen molar-refractivity contribution in [2.45, 2.75) is 25.8 Å². The Kier molecular flexibility index (Phi) is 6.60. The first-order chi connectivity index (χ1) is 15.5. The zero-order chi connectivity index (χ0) is 22.7. The van der Waals surface area contributed by atoms with Gasteiger partial charge in [-0.25, -0.2) is 0 Å². The second-order valence-electron chi connectivity index (χ2n) is 8.53. The highest BCUT2D eigenvalue weighted by atomic mass is 16.5. The molecule has 2 saturated heterocycles. The van der Waals surface area contributed by atoms with Gasteiger partial charge in [0.25, 0.3) is 0 Å². The van der Waals surface area contributed by atoms with Crippen LogP contribution in [-0.2, 0) is 4.79 Å².